The number of rotatable bonds is 1. The van der Waals surface area contributed by atoms with Gasteiger partial charge in [0.05, 0.1) is 6.20 Å². The van der Waals surface area contributed by atoms with Crippen LogP contribution in [0.5, 0.6) is 0 Å². The van der Waals surface area contributed by atoms with Crippen LogP contribution in [0.25, 0.3) is 6.08 Å². The highest BCUT2D eigenvalue weighted by Crippen LogP contribution is 2.37. The lowest BCUT2D eigenvalue weighted by Crippen LogP contribution is -2.47. The summed E-state index contributed by atoms with van der Waals surface area (Å²) in [5.41, 5.74) is 1.50. The van der Waals surface area contributed by atoms with E-state index in [-0.39, 0.29) is 5.57 Å². The lowest BCUT2D eigenvalue weighted by Gasteiger charge is -2.38. The second-order valence-electron chi connectivity index (χ2n) is 5.62. The van der Waals surface area contributed by atoms with Crippen LogP contribution in [0.1, 0.15) is 43.4 Å². The molecule has 1 aromatic heterocycles. The smallest absolute Gasteiger partial charge is 0.348 e. The zero-order chi connectivity index (χ0) is 15.0. The minimum absolute atomic E-state index is 0.0673. The van der Waals surface area contributed by atoms with E-state index in [1.807, 2.05) is 6.92 Å². The van der Waals surface area contributed by atoms with E-state index in [2.05, 4.69) is 5.10 Å². The molecule has 1 aliphatic carbocycles. The Morgan fingerprint density at radius 2 is 1.81 bits per heavy atom. The highest BCUT2D eigenvalue weighted by Gasteiger charge is 2.46. The Morgan fingerprint density at radius 1 is 1.19 bits per heavy atom. The van der Waals surface area contributed by atoms with Gasteiger partial charge >= 0.3 is 11.9 Å². The molecule has 1 aromatic rings. The van der Waals surface area contributed by atoms with Gasteiger partial charge in [0.25, 0.3) is 5.79 Å². The summed E-state index contributed by atoms with van der Waals surface area (Å²) >= 11 is 0. The van der Waals surface area contributed by atoms with Gasteiger partial charge in [-0.15, -0.1) is 0 Å². The number of carbonyl (C=O) groups is 2. The summed E-state index contributed by atoms with van der Waals surface area (Å²) in [5.74, 6) is -2.24. The van der Waals surface area contributed by atoms with E-state index >= 15 is 0 Å². The summed E-state index contributed by atoms with van der Waals surface area (Å²) < 4.78 is 12.6. The number of aryl methyl sites for hydroxylation is 1. The zero-order valence-corrected chi connectivity index (χ0v) is 12.2. The topological polar surface area (TPSA) is 70.4 Å². The van der Waals surface area contributed by atoms with Crippen molar-refractivity contribution in [2.45, 2.75) is 44.8 Å². The number of hydrogen-bond acceptors (Lipinski definition) is 5. The third-order valence-corrected chi connectivity index (χ3v) is 4.19. The highest BCUT2D eigenvalue weighted by atomic mass is 16.7. The number of ether oxygens (including phenoxy) is 2. The van der Waals surface area contributed by atoms with Crippen LogP contribution in [0, 0.1) is 6.92 Å². The molecule has 1 spiro atoms. The molecular weight excluding hydrogens is 272 g/mol. The molecule has 112 valence electrons. The van der Waals surface area contributed by atoms with E-state index in [1.54, 1.807) is 17.9 Å². The van der Waals surface area contributed by atoms with Gasteiger partial charge in [0.2, 0.25) is 0 Å². The summed E-state index contributed by atoms with van der Waals surface area (Å²) in [5, 5.41) is 4.08. The Hall–Kier alpha value is -2.11. The Kier molecular flexibility index (Phi) is 3.31. The van der Waals surface area contributed by atoms with E-state index in [0.29, 0.717) is 18.4 Å². The van der Waals surface area contributed by atoms with E-state index in [0.717, 1.165) is 25.0 Å². The molecule has 2 heterocycles. The number of carbonyl (C=O) groups excluding carboxylic acids is 2. The van der Waals surface area contributed by atoms with Crippen LogP contribution < -0.4 is 0 Å². The molecule has 0 radical (unpaired) electrons. The van der Waals surface area contributed by atoms with E-state index in [4.69, 9.17) is 9.47 Å². The second-order valence-corrected chi connectivity index (χ2v) is 5.62. The average molecular weight is 290 g/mol. The molecule has 0 N–H and O–H groups in total. The van der Waals surface area contributed by atoms with Gasteiger partial charge in [-0.3, -0.25) is 4.68 Å². The lowest BCUT2D eigenvalue weighted by molar-refractivity contribution is -0.244. The maximum atomic E-state index is 12.2. The maximum Gasteiger partial charge on any atom is 0.348 e. The fraction of sp³-hybridized carbons (Fsp3) is 0.533. The summed E-state index contributed by atoms with van der Waals surface area (Å²) in [6, 6.07) is 0. The second kappa shape index (κ2) is 5.02. The summed E-state index contributed by atoms with van der Waals surface area (Å²) in [4.78, 5) is 24.4. The minimum Gasteiger partial charge on any atom is -0.419 e. The van der Waals surface area contributed by atoms with Gasteiger partial charge < -0.3 is 9.47 Å². The molecule has 6 nitrogen and oxygen atoms in total. The molecule has 2 aliphatic rings. The van der Waals surface area contributed by atoms with Gasteiger partial charge in [-0.2, -0.15) is 5.10 Å². The molecule has 0 amide bonds. The van der Waals surface area contributed by atoms with Crippen LogP contribution in [0.15, 0.2) is 11.8 Å². The van der Waals surface area contributed by atoms with Crippen molar-refractivity contribution in [3.8, 4) is 0 Å². The number of hydrogen-bond donors (Lipinski definition) is 0. The van der Waals surface area contributed by atoms with Crippen LogP contribution in [0.3, 0.4) is 0 Å². The van der Waals surface area contributed by atoms with Gasteiger partial charge in [-0.05, 0) is 25.8 Å². The third-order valence-electron chi connectivity index (χ3n) is 4.19. The third kappa shape index (κ3) is 2.46. The van der Waals surface area contributed by atoms with Crippen molar-refractivity contribution in [1.29, 1.82) is 0 Å². The largest absolute Gasteiger partial charge is 0.419 e. The van der Waals surface area contributed by atoms with Crippen molar-refractivity contribution in [2.24, 2.45) is 7.05 Å². The van der Waals surface area contributed by atoms with E-state index in [1.165, 1.54) is 6.08 Å². The molecule has 3 rings (SSSR count). The molecule has 1 aliphatic heterocycles. The van der Waals surface area contributed by atoms with Gasteiger partial charge in [0.15, 0.2) is 0 Å². The van der Waals surface area contributed by atoms with Gasteiger partial charge in [0, 0.05) is 31.1 Å². The van der Waals surface area contributed by atoms with Crippen molar-refractivity contribution < 1.29 is 19.1 Å². The average Bonchev–Trinajstić information content (AvgIpc) is 2.75. The fourth-order valence-electron chi connectivity index (χ4n) is 2.78. The zero-order valence-electron chi connectivity index (χ0n) is 12.2. The highest BCUT2D eigenvalue weighted by molar-refractivity contribution is 6.18. The lowest BCUT2D eigenvalue weighted by atomic mass is 9.93. The first-order valence-electron chi connectivity index (χ1n) is 7.18. The molecule has 0 unspecified atom stereocenters. The molecule has 2 fully saturated rings. The van der Waals surface area contributed by atoms with Gasteiger partial charge in [-0.25, -0.2) is 9.59 Å². The molecule has 0 bridgehead atoms. The Bertz CT molecular complexity index is 602. The first kappa shape index (κ1) is 13.9. The predicted molar refractivity (Wildman–Crippen MR) is 73.9 cm³/mol. The molecule has 1 saturated carbocycles. The van der Waals surface area contributed by atoms with Crippen LogP contribution in [0.2, 0.25) is 0 Å². The molecule has 1 saturated heterocycles. The molecular formula is C15H18N2O4. The van der Waals surface area contributed by atoms with E-state index in [9.17, 15) is 9.59 Å². The summed E-state index contributed by atoms with van der Waals surface area (Å²) in [6.07, 6.45) is 7.15. The molecule has 0 aromatic carbocycles. The van der Waals surface area contributed by atoms with Gasteiger partial charge in [0.1, 0.15) is 5.57 Å². The molecule has 0 atom stereocenters. The van der Waals surface area contributed by atoms with Crippen molar-refractivity contribution >= 4 is 18.0 Å². The normalized spacial score (nSPS) is 21.1. The fourth-order valence-corrected chi connectivity index (χ4v) is 2.78. The maximum absolute atomic E-state index is 12.2. The van der Waals surface area contributed by atoms with Gasteiger partial charge in [-0.1, -0.05) is 6.42 Å². The van der Waals surface area contributed by atoms with Crippen molar-refractivity contribution in [2.75, 3.05) is 0 Å². The minimum atomic E-state index is -1.03. The standard InChI is InChI=1S/C15H18N2O4/c1-10-11(9-16-17(10)2)8-12-13(18)20-15(21-14(12)19)6-4-3-5-7-15/h8-9H,3-7H2,1-2H3. The van der Waals surface area contributed by atoms with Crippen LogP contribution >= 0.6 is 0 Å². The Labute approximate surface area is 122 Å². The summed E-state index contributed by atoms with van der Waals surface area (Å²) in [6.45, 7) is 1.86. The SMILES string of the molecule is Cc1c(C=C2C(=O)OC3(CCCCC3)OC2=O)cnn1C. The van der Waals surface area contributed by atoms with Crippen LogP contribution in [0.4, 0.5) is 0 Å². The van der Waals surface area contributed by atoms with Crippen LogP contribution in [-0.2, 0) is 26.1 Å². The van der Waals surface area contributed by atoms with E-state index < -0.39 is 17.7 Å². The first-order chi connectivity index (χ1) is 10.0. The summed E-state index contributed by atoms with van der Waals surface area (Å²) in [7, 11) is 1.80. The Morgan fingerprint density at radius 3 is 2.33 bits per heavy atom. The molecule has 6 heteroatoms. The number of nitrogens with zero attached hydrogens (tertiary/aromatic N) is 2. The van der Waals surface area contributed by atoms with Crippen molar-refractivity contribution in [3.05, 3.63) is 23.0 Å². The predicted octanol–water partition coefficient (Wildman–Crippen LogP) is 1.87. The quantitative estimate of drug-likeness (QED) is 0.448. The monoisotopic (exact) mass is 290 g/mol. The van der Waals surface area contributed by atoms with Crippen LogP contribution in [-0.4, -0.2) is 27.5 Å². The Balaban J connectivity index is 1.87. The number of aromatic nitrogens is 2. The van der Waals surface area contributed by atoms with Crippen molar-refractivity contribution in [3.63, 3.8) is 0 Å². The number of esters is 2. The van der Waals surface area contributed by atoms with Crippen molar-refractivity contribution in [1.82, 2.24) is 9.78 Å². The molecule has 21 heavy (non-hydrogen) atoms. The first-order valence-corrected chi connectivity index (χ1v) is 7.18.